The number of nitriles is 1. The van der Waals surface area contributed by atoms with E-state index in [0.717, 1.165) is 24.7 Å². The highest BCUT2D eigenvalue weighted by atomic mass is 16.1. The fourth-order valence-corrected chi connectivity index (χ4v) is 2.96. The summed E-state index contributed by atoms with van der Waals surface area (Å²) >= 11 is 0. The van der Waals surface area contributed by atoms with Gasteiger partial charge in [0.25, 0.3) is 5.91 Å². The zero-order valence-electron chi connectivity index (χ0n) is 13.8. The number of nitrogens with zero attached hydrogens (tertiary/aromatic N) is 2. The zero-order chi connectivity index (χ0) is 16.9. The van der Waals surface area contributed by atoms with Crippen molar-refractivity contribution in [1.82, 2.24) is 0 Å². The third-order valence-electron chi connectivity index (χ3n) is 4.53. The van der Waals surface area contributed by atoms with Crippen LogP contribution in [0, 0.1) is 17.2 Å². The molecule has 2 aromatic rings. The van der Waals surface area contributed by atoms with Gasteiger partial charge in [0.15, 0.2) is 0 Å². The molecule has 122 valence electrons. The van der Waals surface area contributed by atoms with Gasteiger partial charge in [0.05, 0.1) is 11.6 Å². The van der Waals surface area contributed by atoms with Crippen molar-refractivity contribution >= 4 is 17.3 Å². The Kier molecular flexibility index (Phi) is 4.81. The summed E-state index contributed by atoms with van der Waals surface area (Å²) in [6, 6.07) is 16.7. The van der Waals surface area contributed by atoms with Crippen LogP contribution in [0.2, 0.25) is 0 Å². The van der Waals surface area contributed by atoms with E-state index in [4.69, 9.17) is 5.26 Å². The first-order valence-electron chi connectivity index (χ1n) is 8.32. The van der Waals surface area contributed by atoms with E-state index >= 15 is 0 Å². The smallest absolute Gasteiger partial charge is 0.255 e. The first kappa shape index (κ1) is 16.1. The molecule has 0 bridgehead atoms. The molecule has 0 radical (unpaired) electrons. The maximum atomic E-state index is 12.3. The Morgan fingerprint density at radius 2 is 1.88 bits per heavy atom. The van der Waals surface area contributed by atoms with Crippen molar-refractivity contribution in [1.29, 1.82) is 5.26 Å². The Morgan fingerprint density at radius 1 is 1.17 bits per heavy atom. The fourth-order valence-electron chi connectivity index (χ4n) is 2.96. The van der Waals surface area contributed by atoms with Crippen LogP contribution in [0.25, 0.3) is 0 Å². The minimum absolute atomic E-state index is 0.202. The number of benzene rings is 2. The lowest BCUT2D eigenvalue weighted by molar-refractivity contribution is 0.102. The van der Waals surface area contributed by atoms with E-state index < -0.39 is 0 Å². The third kappa shape index (κ3) is 3.75. The monoisotopic (exact) mass is 319 g/mol. The molecule has 1 heterocycles. The summed E-state index contributed by atoms with van der Waals surface area (Å²) in [6.07, 6.45) is 2.46. The van der Waals surface area contributed by atoms with E-state index in [1.165, 1.54) is 18.5 Å². The molecule has 1 aliphatic rings. The van der Waals surface area contributed by atoms with E-state index in [-0.39, 0.29) is 5.91 Å². The maximum absolute atomic E-state index is 12.3. The van der Waals surface area contributed by atoms with Crippen molar-refractivity contribution in [2.75, 3.05) is 23.3 Å². The second-order valence-corrected chi connectivity index (χ2v) is 6.36. The standard InChI is InChI=1S/C20H21N3O/c1-15-9-11-23(12-10-15)19-7-5-18(6-8-19)22-20(24)17-4-2-3-16(13-17)14-21/h2-8,13,15H,9-12H2,1H3,(H,22,24). The number of anilines is 2. The SMILES string of the molecule is CC1CCN(c2ccc(NC(=O)c3cccc(C#N)c3)cc2)CC1. The molecule has 4 heteroatoms. The second kappa shape index (κ2) is 7.18. The Morgan fingerprint density at radius 3 is 2.54 bits per heavy atom. The Labute approximate surface area is 142 Å². The molecule has 1 saturated heterocycles. The van der Waals surface area contributed by atoms with E-state index in [9.17, 15) is 4.79 Å². The first-order valence-corrected chi connectivity index (χ1v) is 8.32. The van der Waals surface area contributed by atoms with Gasteiger partial charge in [0, 0.05) is 30.0 Å². The average molecular weight is 319 g/mol. The summed E-state index contributed by atoms with van der Waals surface area (Å²) < 4.78 is 0. The van der Waals surface area contributed by atoms with Crippen LogP contribution >= 0.6 is 0 Å². The molecule has 4 nitrogen and oxygen atoms in total. The molecule has 0 atom stereocenters. The van der Waals surface area contributed by atoms with Crippen LogP contribution in [0.4, 0.5) is 11.4 Å². The number of piperidine rings is 1. The first-order chi connectivity index (χ1) is 11.7. The van der Waals surface area contributed by atoms with Gasteiger partial charge in [0.1, 0.15) is 0 Å². The average Bonchev–Trinajstić information content (AvgIpc) is 2.63. The lowest BCUT2D eigenvalue weighted by Crippen LogP contribution is -2.32. The molecule has 1 N–H and O–H groups in total. The lowest BCUT2D eigenvalue weighted by Gasteiger charge is -2.32. The molecule has 1 fully saturated rings. The number of rotatable bonds is 3. The van der Waals surface area contributed by atoms with Gasteiger partial charge < -0.3 is 10.2 Å². The highest BCUT2D eigenvalue weighted by Crippen LogP contribution is 2.24. The van der Waals surface area contributed by atoms with Gasteiger partial charge in [-0.15, -0.1) is 0 Å². The number of hydrogen-bond donors (Lipinski definition) is 1. The third-order valence-corrected chi connectivity index (χ3v) is 4.53. The zero-order valence-corrected chi connectivity index (χ0v) is 13.8. The van der Waals surface area contributed by atoms with Gasteiger partial charge in [0.2, 0.25) is 0 Å². The van der Waals surface area contributed by atoms with Gasteiger partial charge >= 0.3 is 0 Å². The van der Waals surface area contributed by atoms with Crippen LogP contribution in [-0.2, 0) is 0 Å². The molecule has 24 heavy (non-hydrogen) atoms. The van der Waals surface area contributed by atoms with Gasteiger partial charge in [-0.1, -0.05) is 13.0 Å². The molecular formula is C20H21N3O. The van der Waals surface area contributed by atoms with Crippen molar-refractivity contribution in [3.63, 3.8) is 0 Å². The highest BCUT2D eigenvalue weighted by Gasteiger charge is 2.16. The summed E-state index contributed by atoms with van der Waals surface area (Å²) in [5.74, 6) is 0.607. The number of carbonyl (C=O) groups is 1. The highest BCUT2D eigenvalue weighted by molar-refractivity contribution is 6.04. The molecule has 1 aliphatic heterocycles. The number of carbonyl (C=O) groups excluding carboxylic acids is 1. The lowest BCUT2D eigenvalue weighted by atomic mass is 9.99. The largest absolute Gasteiger partial charge is 0.372 e. The van der Waals surface area contributed by atoms with Crippen LogP contribution in [0.1, 0.15) is 35.7 Å². The van der Waals surface area contributed by atoms with Crippen LogP contribution < -0.4 is 10.2 Å². The molecule has 0 unspecified atom stereocenters. The second-order valence-electron chi connectivity index (χ2n) is 6.36. The van der Waals surface area contributed by atoms with Gasteiger partial charge in [-0.25, -0.2) is 0 Å². The molecule has 0 aromatic heterocycles. The Balaban J connectivity index is 1.65. The number of amides is 1. The molecular weight excluding hydrogens is 298 g/mol. The molecule has 0 spiro atoms. The summed E-state index contributed by atoms with van der Waals surface area (Å²) in [5, 5.41) is 11.8. The summed E-state index contributed by atoms with van der Waals surface area (Å²) in [4.78, 5) is 14.7. The predicted octanol–water partition coefficient (Wildman–Crippen LogP) is 4.05. The van der Waals surface area contributed by atoms with Gasteiger partial charge in [-0.3, -0.25) is 4.79 Å². The van der Waals surface area contributed by atoms with Gasteiger partial charge in [-0.2, -0.15) is 5.26 Å². The van der Waals surface area contributed by atoms with E-state index in [1.54, 1.807) is 24.3 Å². The van der Waals surface area contributed by atoms with Crippen molar-refractivity contribution in [2.24, 2.45) is 5.92 Å². The number of nitrogens with one attached hydrogen (secondary N) is 1. The van der Waals surface area contributed by atoms with E-state index in [1.807, 2.05) is 18.2 Å². The van der Waals surface area contributed by atoms with Crippen LogP contribution in [0.3, 0.4) is 0 Å². The molecule has 1 amide bonds. The molecule has 0 aliphatic carbocycles. The minimum Gasteiger partial charge on any atom is -0.372 e. The molecule has 3 rings (SSSR count). The Bertz CT molecular complexity index is 753. The summed E-state index contributed by atoms with van der Waals surface area (Å²) in [6.45, 7) is 4.49. The van der Waals surface area contributed by atoms with Crippen molar-refractivity contribution in [3.8, 4) is 6.07 Å². The summed E-state index contributed by atoms with van der Waals surface area (Å²) in [5.41, 5.74) is 2.93. The number of hydrogen-bond acceptors (Lipinski definition) is 3. The quantitative estimate of drug-likeness (QED) is 0.928. The minimum atomic E-state index is -0.202. The van der Waals surface area contributed by atoms with Crippen molar-refractivity contribution in [3.05, 3.63) is 59.7 Å². The summed E-state index contributed by atoms with van der Waals surface area (Å²) in [7, 11) is 0. The molecule has 0 saturated carbocycles. The normalized spacial score (nSPS) is 14.9. The fraction of sp³-hybridized carbons (Fsp3) is 0.300. The van der Waals surface area contributed by atoms with Crippen LogP contribution in [-0.4, -0.2) is 19.0 Å². The Hall–Kier alpha value is -2.80. The van der Waals surface area contributed by atoms with Crippen LogP contribution in [0.5, 0.6) is 0 Å². The van der Waals surface area contributed by atoms with Gasteiger partial charge in [-0.05, 0) is 61.2 Å². The van der Waals surface area contributed by atoms with Crippen LogP contribution in [0.15, 0.2) is 48.5 Å². The maximum Gasteiger partial charge on any atom is 0.255 e. The molecule has 2 aromatic carbocycles. The van der Waals surface area contributed by atoms with Crippen molar-refractivity contribution < 1.29 is 4.79 Å². The topological polar surface area (TPSA) is 56.1 Å². The van der Waals surface area contributed by atoms with E-state index in [0.29, 0.717) is 11.1 Å². The predicted molar refractivity (Wildman–Crippen MR) is 96.2 cm³/mol. The van der Waals surface area contributed by atoms with E-state index in [2.05, 4.69) is 29.3 Å². The van der Waals surface area contributed by atoms with Crippen molar-refractivity contribution in [2.45, 2.75) is 19.8 Å².